The molecule has 2 aliphatic rings. The number of carbonyl (C=O) groups is 1. The number of amides is 2. The molecule has 1 fully saturated rings. The third kappa shape index (κ3) is 2.99. The summed E-state index contributed by atoms with van der Waals surface area (Å²) in [5, 5.41) is 12.0. The van der Waals surface area contributed by atoms with Gasteiger partial charge in [0.05, 0.1) is 23.6 Å². The molecule has 3 aromatic rings. The highest BCUT2D eigenvalue weighted by Gasteiger charge is 2.40. The first-order chi connectivity index (χ1) is 14.6. The number of carbonyl (C=O) groups excluding carboxylic acids is 1. The lowest BCUT2D eigenvalue weighted by molar-refractivity contribution is 0.254. The summed E-state index contributed by atoms with van der Waals surface area (Å²) in [6.07, 6.45) is 7.12. The zero-order valence-corrected chi connectivity index (χ0v) is 16.3. The Bertz CT molecular complexity index is 1170. The fraction of sp³-hybridized carbons (Fsp3) is 0.238. The summed E-state index contributed by atoms with van der Waals surface area (Å²) in [6, 6.07) is 7.66. The highest BCUT2D eigenvalue weighted by atomic mass is 16.2. The lowest BCUT2D eigenvalue weighted by Crippen LogP contribution is -2.48. The van der Waals surface area contributed by atoms with Crippen LogP contribution in [0, 0.1) is 18.3 Å². The first-order valence-corrected chi connectivity index (χ1v) is 9.63. The average molecular weight is 398 g/mol. The molecule has 5 rings (SSSR count). The first kappa shape index (κ1) is 18.0. The zero-order valence-electron chi connectivity index (χ0n) is 16.3. The lowest BCUT2D eigenvalue weighted by atomic mass is 10.1. The van der Waals surface area contributed by atoms with Gasteiger partial charge in [-0.1, -0.05) is 0 Å². The second-order valence-electron chi connectivity index (χ2n) is 7.32. The molecular formula is C21H18N8O. The van der Waals surface area contributed by atoms with Crippen molar-refractivity contribution in [2.75, 3.05) is 28.2 Å². The maximum Gasteiger partial charge on any atom is 0.329 e. The van der Waals surface area contributed by atoms with Crippen molar-refractivity contribution in [1.82, 2.24) is 19.9 Å². The van der Waals surface area contributed by atoms with Crippen molar-refractivity contribution >= 4 is 23.4 Å². The smallest absolute Gasteiger partial charge is 0.329 e. The number of aromatic nitrogens is 4. The Labute approximate surface area is 173 Å². The van der Waals surface area contributed by atoms with Crippen LogP contribution in [0.2, 0.25) is 0 Å². The summed E-state index contributed by atoms with van der Waals surface area (Å²) in [5.74, 6) is 1.01. The molecule has 5 heterocycles. The third-order valence-corrected chi connectivity index (χ3v) is 5.45. The number of aryl methyl sites for hydroxylation is 1. The summed E-state index contributed by atoms with van der Waals surface area (Å²) >= 11 is 0. The largest absolute Gasteiger partial charge is 0.366 e. The Balaban J connectivity index is 1.54. The van der Waals surface area contributed by atoms with Crippen LogP contribution >= 0.6 is 0 Å². The molecule has 0 radical (unpaired) electrons. The van der Waals surface area contributed by atoms with Crippen LogP contribution in [0.3, 0.4) is 0 Å². The number of hydrogen-bond acceptors (Lipinski definition) is 7. The van der Waals surface area contributed by atoms with Crippen molar-refractivity contribution < 1.29 is 4.79 Å². The van der Waals surface area contributed by atoms with E-state index in [0.29, 0.717) is 23.0 Å². The number of hydrogen-bond donors (Lipinski definition) is 1. The van der Waals surface area contributed by atoms with Gasteiger partial charge in [0, 0.05) is 37.2 Å². The highest BCUT2D eigenvalue weighted by molar-refractivity contribution is 6.04. The molecule has 9 heteroatoms. The van der Waals surface area contributed by atoms with E-state index in [1.54, 1.807) is 17.3 Å². The second-order valence-corrected chi connectivity index (χ2v) is 7.32. The molecule has 1 saturated heterocycles. The molecular weight excluding hydrogens is 380 g/mol. The van der Waals surface area contributed by atoms with Gasteiger partial charge in [0.2, 0.25) is 0 Å². The van der Waals surface area contributed by atoms with Gasteiger partial charge in [-0.25, -0.2) is 19.7 Å². The zero-order chi connectivity index (χ0) is 20.7. The number of pyridine rings is 2. The maximum atomic E-state index is 13.1. The van der Waals surface area contributed by atoms with E-state index in [2.05, 4.69) is 31.2 Å². The van der Waals surface area contributed by atoms with Gasteiger partial charge in [0.25, 0.3) is 0 Å². The van der Waals surface area contributed by atoms with Gasteiger partial charge in [0.1, 0.15) is 11.8 Å². The molecule has 9 nitrogen and oxygen atoms in total. The van der Waals surface area contributed by atoms with Crippen molar-refractivity contribution in [3.63, 3.8) is 0 Å². The van der Waals surface area contributed by atoms with Crippen LogP contribution < -0.4 is 15.1 Å². The summed E-state index contributed by atoms with van der Waals surface area (Å²) in [5.41, 5.74) is 3.62. The fourth-order valence-corrected chi connectivity index (χ4v) is 4.00. The van der Waals surface area contributed by atoms with Crippen molar-refractivity contribution in [2.24, 2.45) is 0 Å². The highest BCUT2D eigenvalue weighted by Crippen LogP contribution is 2.40. The van der Waals surface area contributed by atoms with Crippen LogP contribution in [-0.2, 0) is 0 Å². The molecule has 0 spiro atoms. The van der Waals surface area contributed by atoms with Crippen molar-refractivity contribution in [3.8, 4) is 17.3 Å². The molecule has 0 unspecified atom stereocenters. The maximum absolute atomic E-state index is 13.1. The van der Waals surface area contributed by atoms with Crippen LogP contribution in [0.25, 0.3) is 11.3 Å². The summed E-state index contributed by atoms with van der Waals surface area (Å²) in [4.78, 5) is 34.3. The van der Waals surface area contributed by atoms with Crippen LogP contribution in [0.5, 0.6) is 0 Å². The number of urea groups is 1. The topological polar surface area (TPSA) is 111 Å². The van der Waals surface area contributed by atoms with E-state index in [9.17, 15) is 4.79 Å². The number of rotatable bonds is 2. The van der Waals surface area contributed by atoms with Gasteiger partial charge >= 0.3 is 6.03 Å². The molecule has 148 valence electrons. The monoisotopic (exact) mass is 398 g/mol. The average Bonchev–Trinajstić information content (AvgIpc) is 3.18. The summed E-state index contributed by atoms with van der Waals surface area (Å²) in [7, 11) is 0. The second kappa shape index (κ2) is 7.08. The first-order valence-electron chi connectivity index (χ1n) is 9.63. The van der Waals surface area contributed by atoms with Crippen molar-refractivity contribution in [2.45, 2.75) is 19.4 Å². The van der Waals surface area contributed by atoms with Crippen molar-refractivity contribution in [3.05, 3.63) is 54.2 Å². The molecule has 1 atom stereocenters. The van der Waals surface area contributed by atoms with Gasteiger partial charge in [-0.2, -0.15) is 5.26 Å². The Kier molecular flexibility index (Phi) is 4.25. The summed E-state index contributed by atoms with van der Waals surface area (Å²) < 4.78 is 0. The Morgan fingerprint density at radius 2 is 2.17 bits per heavy atom. The molecule has 0 aliphatic carbocycles. The van der Waals surface area contributed by atoms with Gasteiger partial charge in [-0.3, -0.25) is 15.2 Å². The number of anilines is 3. The number of nitriles is 1. The van der Waals surface area contributed by atoms with Gasteiger partial charge in [0.15, 0.2) is 11.6 Å². The van der Waals surface area contributed by atoms with Crippen LogP contribution in [-0.4, -0.2) is 45.1 Å². The molecule has 3 aromatic heterocycles. The lowest BCUT2D eigenvalue weighted by Gasteiger charge is -2.35. The molecule has 2 aliphatic heterocycles. The van der Waals surface area contributed by atoms with Gasteiger partial charge in [-0.15, -0.1) is 0 Å². The molecule has 0 saturated carbocycles. The Morgan fingerprint density at radius 3 is 2.93 bits per heavy atom. The van der Waals surface area contributed by atoms with E-state index in [-0.39, 0.29) is 12.1 Å². The minimum absolute atomic E-state index is 0.0396. The van der Waals surface area contributed by atoms with E-state index >= 15 is 0 Å². The van der Waals surface area contributed by atoms with Gasteiger partial charge < -0.3 is 4.90 Å². The van der Waals surface area contributed by atoms with E-state index in [4.69, 9.17) is 10.2 Å². The fourth-order valence-electron chi connectivity index (χ4n) is 4.00. The van der Waals surface area contributed by atoms with E-state index in [1.807, 2.05) is 25.1 Å². The molecule has 2 amide bonds. The van der Waals surface area contributed by atoms with Crippen LogP contribution in [0.15, 0.2) is 43.0 Å². The number of fused-ring (bicyclic) bond motifs is 4. The number of nitrogens with one attached hydrogen (secondary N) is 1. The van der Waals surface area contributed by atoms with Gasteiger partial charge in [-0.05, 0) is 37.1 Å². The molecule has 2 bridgehead atoms. The predicted octanol–water partition coefficient (Wildman–Crippen LogP) is 2.74. The van der Waals surface area contributed by atoms with Crippen LogP contribution in [0.4, 0.5) is 22.1 Å². The molecule has 0 aromatic carbocycles. The standard InChI is InChI=1S/C21H18N8O/c1-13-8-14(10-25-17(13)9-22)16-2-3-18-20(26-16)29(15-4-7-28(18)12-15)21(30)27-19-11-23-5-6-24-19/h2-3,5-6,8,10-11,15H,4,7,12H2,1H3,(H,24,27,30)/t15-/m0/s1. The quantitative estimate of drug-likeness (QED) is 0.706. The SMILES string of the molecule is Cc1cc(-c2ccc3c(n2)N(C(=O)Nc2cnccn2)[C@H]2CCN3C2)cnc1C#N. The van der Waals surface area contributed by atoms with Crippen LogP contribution in [0.1, 0.15) is 17.7 Å². The predicted molar refractivity (Wildman–Crippen MR) is 111 cm³/mol. The summed E-state index contributed by atoms with van der Waals surface area (Å²) in [6.45, 7) is 3.50. The minimum Gasteiger partial charge on any atom is -0.366 e. The normalized spacial score (nSPS) is 16.7. The Hall–Kier alpha value is -4.06. The van der Waals surface area contributed by atoms with E-state index < -0.39 is 0 Å². The van der Waals surface area contributed by atoms with Crippen molar-refractivity contribution in [1.29, 1.82) is 5.26 Å². The number of nitrogens with zero attached hydrogens (tertiary/aromatic N) is 7. The third-order valence-electron chi connectivity index (χ3n) is 5.45. The Morgan fingerprint density at radius 1 is 1.27 bits per heavy atom. The molecule has 1 N–H and O–H groups in total. The van der Waals surface area contributed by atoms with E-state index in [0.717, 1.165) is 36.3 Å². The van der Waals surface area contributed by atoms with E-state index in [1.165, 1.54) is 12.4 Å². The minimum atomic E-state index is -0.276. The molecule has 30 heavy (non-hydrogen) atoms.